The number of H-pyrrole nitrogens is 1. The van der Waals surface area contributed by atoms with Crippen LogP contribution in [0.2, 0.25) is 0 Å². The van der Waals surface area contributed by atoms with Crippen LogP contribution >= 0.6 is 0 Å². The smallest absolute Gasteiger partial charge is 0.357 e. The molecule has 1 aromatic heterocycles. The Morgan fingerprint density at radius 1 is 1.06 bits per heavy atom. The van der Waals surface area contributed by atoms with Crippen LogP contribution in [0.3, 0.4) is 0 Å². The highest BCUT2D eigenvalue weighted by Crippen LogP contribution is 2.26. The lowest BCUT2D eigenvalue weighted by molar-refractivity contribution is 0.0690. The Morgan fingerprint density at radius 3 is 2.67 bits per heavy atom. The van der Waals surface area contributed by atoms with Gasteiger partial charge in [-0.1, -0.05) is 18.2 Å². The average Bonchev–Trinajstić information content (AvgIpc) is 3.26. The number of benzene rings is 3. The second-order valence-electron chi connectivity index (χ2n) is 7.96. The van der Waals surface area contributed by atoms with Gasteiger partial charge in [-0.2, -0.15) is 5.10 Å². The Morgan fingerprint density at radius 2 is 1.88 bits per heavy atom. The zero-order valence-electron chi connectivity index (χ0n) is 17.5. The molecule has 1 aliphatic heterocycles. The lowest BCUT2D eigenvalue weighted by Gasteiger charge is -2.29. The topological polar surface area (TPSA) is 95.5 Å². The van der Waals surface area contributed by atoms with E-state index in [1.54, 1.807) is 35.2 Å². The molecule has 0 atom stereocenters. The van der Waals surface area contributed by atoms with Crippen LogP contribution in [-0.2, 0) is 19.6 Å². The molecule has 2 N–H and O–H groups in total. The number of halogens is 1. The number of hydrogen-bond donors (Lipinski definition) is 2. The third-order valence-electron chi connectivity index (χ3n) is 5.81. The largest absolute Gasteiger partial charge is 0.489 e. The van der Waals surface area contributed by atoms with Gasteiger partial charge in [0.15, 0.2) is 5.69 Å². The van der Waals surface area contributed by atoms with Gasteiger partial charge in [0.2, 0.25) is 0 Å². The summed E-state index contributed by atoms with van der Waals surface area (Å²) >= 11 is 0. The minimum absolute atomic E-state index is 0.100. The van der Waals surface area contributed by atoms with E-state index in [4.69, 9.17) is 4.74 Å². The second-order valence-corrected chi connectivity index (χ2v) is 7.96. The van der Waals surface area contributed by atoms with Crippen molar-refractivity contribution in [2.45, 2.75) is 19.6 Å². The molecular formula is C25H20FN3O4. The lowest BCUT2D eigenvalue weighted by Crippen LogP contribution is -2.35. The van der Waals surface area contributed by atoms with Crippen LogP contribution in [-0.4, -0.2) is 38.6 Å². The number of rotatable bonds is 5. The lowest BCUT2D eigenvalue weighted by atomic mass is 9.98. The molecule has 4 aromatic rings. The normalized spacial score (nSPS) is 13.1. The van der Waals surface area contributed by atoms with Gasteiger partial charge in [-0.3, -0.25) is 9.89 Å². The van der Waals surface area contributed by atoms with Gasteiger partial charge in [-0.15, -0.1) is 0 Å². The summed E-state index contributed by atoms with van der Waals surface area (Å²) in [5.41, 5.74) is 3.94. The monoisotopic (exact) mass is 445 g/mol. The number of carboxylic acids is 1. The van der Waals surface area contributed by atoms with E-state index in [0.717, 1.165) is 22.4 Å². The number of amides is 1. The number of ether oxygens (including phenoxy) is 1. The quantitative estimate of drug-likeness (QED) is 0.481. The number of carboxylic acid groups (broad SMARTS) is 1. The molecule has 0 radical (unpaired) electrons. The number of carbonyl (C=O) groups excluding carboxylic acids is 1. The molecule has 8 heteroatoms. The van der Waals surface area contributed by atoms with Crippen LogP contribution in [0.15, 0.2) is 60.7 Å². The van der Waals surface area contributed by atoms with Gasteiger partial charge in [0.25, 0.3) is 5.91 Å². The fourth-order valence-corrected chi connectivity index (χ4v) is 4.03. The fourth-order valence-electron chi connectivity index (χ4n) is 4.03. The van der Waals surface area contributed by atoms with E-state index in [-0.39, 0.29) is 17.4 Å². The van der Waals surface area contributed by atoms with Crippen molar-refractivity contribution < 1.29 is 23.8 Å². The summed E-state index contributed by atoms with van der Waals surface area (Å²) in [7, 11) is 0. The Kier molecular flexibility index (Phi) is 5.26. The highest BCUT2D eigenvalue weighted by Gasteiger charge is 2.23. The van der Waals surface area contributed by atoms with Crippen LogP contribution in [0.5, 0.6) is 5.75 Å². The number of aromatic nitrogens is 2. The molecule has 0 saturated heterocycles. The second kappa shape index (κ2) is 8.38. The minimum atomic E-state index is -1.14. The van der Waals surface area contributed by atoms with Crippen LogP contribution in [0.25, 0.3) is 10.9 Å². The van der Waals surface area contributed by atoms with E-state index < -0.39 is 5.97 Å². The van der Waals surface area contributed by atoms with E-state index in [2.05, 4.69) is 10.2 Å². The molecule has 33 heavy (non-hydrogen) atoms. The van der Waals surface area contributed by atoms with Crippen molar-refractivity contribution in [1.82, 2.24) is 15.1 Å². The van der Waals surface area contributed by atoms with E-state index >= 15 is 0 Å². The fraction of sp³-hybridized carbons (Fsp3) is 0.160. The van der Waals surface area contributed by atoms with Crippen molar-refractivity contribution in [3.8, 4) is 5.75 Å². The van der Waals surface area contributed by atoms with Crippen molar-refractivity contribution in [3.05, 3.63) is 94.4 Å². The van der Waals surface area contributed by atoms with Gasteiger partial charge >= 0.3 is 5.97 Å². The molecule has 5 rings (SSSR count). The van der Waals surface area contributed by atoms with Crippen LogP contribution in [0.1, 0.15) is 37.5 Å². The number of nitrogens with one attached hydrogen (secondary N) is 1. The molecule has 7 nitrogen and oxygen atoms in total. The van der Waals surface area contributed by atoms with Gasteiger partial charge < -0.3 is 14.7 Å². The molecule has 0 aliphatic carbocycles. The van der Waals surface area contributed by atoms with Crippen LogP contribution < -0.4 is 4.74 Å². The standard InChI is InChI=1S/C25H20FN3O4/c26-19-5-1-15(2-6-19)14-33-20-7-3-18-13-29(10-9-16(18)11-20)24(30)17-4-8-22-21(12-17)23(25(31)32)28-27-22/h1-8,11-12H,9-10,13-14H2,(H,27,28)(H,31,32). The van der Waals surface area contributed by atoms with Gasteiger partial charge in [0, 0.05) is 24.0 Å². The highest BCUT2D eigenvalue weighted by atomic mass is 19.1. The predicted molar refractivity (Wildman–Crippen MR) is 119 cm³/mol. The molecule has 0 spiro atoms. The first kappa shape index (κ1) is 20.7. The zero-order chi connectivity index (χ0) is 22.9. The molecule has 2 heterocycles. The summed E-state index contributed by atoms with van der Waals surface area (Å²) in [5.74, 6) is -0.852. The number of fused-ring (bicyclic) bond motifs is 2. The number of carbonyl (C=O) groups is 2. The maximum atomic E-state index is 13.1. The van der Waals surface area contributed by atoms with Crippen LogP contribution in [0.4, 0.5) is 4.39 Å². The first-order valence-electron chi connectivity index (χ1n) is 10.5. The Labute approximate surface area is 188 Å². The molecule has 3 aromatic carbocycles. The molecule has 1 aliphatic rings. The first-order chi connectivity index (χ1) is 16.0. The third-order valence-corrected chi connectivity index (χ3v) is 5.81. The summed E-state index contributed by atoms with van der Waals surface area (Å²) < 4.78 is 18.9. The first-order valence-corrected chi connectivity index (χ1v) is 10.5. The molecular weight excluding hydrogens is 425 g/mol. The number of aromatic carboxylic acids is 1. The number of nitrogens with zero attached hydrogens (tertiary/aromatic N) is 2. The Balaban J connectivity index is 1.29. The summed E-state index contributed by atoms with van der Waals surface area (Å²) in [4.78, 5) is 26.2. The SMILES string of the molecule is O=C(O)c1n[nH]c2ccc(C(=O)N3CCc4cc(OCc5ccc(F)cc5)ccc4C3)cc12. The molecule has 0 unspecified atom stereocenters. The molecule has 0 saturated carbocycles. The Hall–Kier alpha value is -4.20. The summed E-state index contributed by atoms with van der Waals surface area (Å²) in [6, 6.07) is 16.9. The van der Waals surface area contributed by atoms with E-state index in [1.807, 2.05) is 18.2 Å². The highest BCUT2D eigenvalue weighted by molar-refractivity contribution is 6.04. The van der Waals surface area contributed by atoms with Gasteiger partial charge in [-0.25, -0.2) is 9.18 Å². The summed E-state index contributed by atoms with van der Waals surface area (Å²) in [6.07, 6.45) is 0.684. The van der Waals surface area contributed by atoms with Crippen molar-refractivity contribution in [2.75, 3.05) is 6.54 Å². The maximum absolute atomic E-state index is 13.1. The van der Waals surface area contributed by atoms with Crippen molar-refractivity contribution in [2.24, 2.45) is 0 Å². The Bertz CT molecular complexity index is 1360. The number of aromatic amines is 1. The number of hydrogen-bond acceptors (Lipinski definition) is 4. The van der Waals surface area contributed by atoms with Gasteiger partial charge in [0.05, 0.1) is 5.52 Å². The predicted octanol–water partition coefficient (Wildman–Crippen LogP) is 4.18. The minimum Gasteiger partial charge on any atom is -0.489 e. The van der Waals surface area contributed by atoms with Crippen molar-refractivity contribution >= 4 is 22.8 Å². The maximum Gasteiger partial charge on any atom is 0.357 e. The molecule has 0 bridgehead atoms. The van der Waals surface area contributed by atoms with Crippen molar-refractivity contribution in [3.63, 3.8) is 0 Å². The molecule has 166 valence electrons. The van der Waals surface area contributed by atoms with Gasteiger partial charge in [-0.05, 0) is 65.6 Å². The van der Waals surface area contributed by atoms with Crippen molar-refractivity contribution in [1.29, 1.82) is 0 Å². The van der Waals surface area contributed by atoms with Gasteiger partial charge in [0.1, 0.15) is 18.2 Å². The molecule has 1 amide bonds. The molecule has 0 fully saturated rings. The third kappa shape index (κ3) is 4.15. The van der Waals surface area contributed by atoms with Crippen LogP contribution in [0, 0.1) is 5.82 Å². The van der Waals surface area contributed by atoms with E-state index in [0.29, 0.717) is 42.6 Å². The van der Waals surface area contributed by atoms with E-state index in [9.17, 15) is 19.1 Å². The summed E-state index contributed by atoms with van der Waals surface area (Å²) in [6.45, 7) is 1.35. The van der Waals surface area contributed by atoms with E-state index in [1.165, 1.54) is 12.1 Å². The average molecular weight is 445 g/mol. The summed E-state index contributed by atoms with van der Waals surface area (Å²) in [5, 5.41) is 16.2. The zero-order valence-corrected chi connectivity index (χ0v) is 17.5.